The molecule has 19 heavy (non-hydrogen) atoms. The number of nitrogens with zero attached hydrogens (tertiary/aromatic N) is 1. The van der Waals surface area contributed by atoms with E-state index in [-0.39, 0.29) is 0 Å². The molecule has 0 aromatic heterocycles. The maximum Gasteiger partial charge on any atom is 0.0308 e. The van der Waals surface area contributed by atoms with Crippen molar-refractivity contribution in [2.45, 2.75) is 76.7 Å². The van der Waals surface area contributed by atoms with Crippen LogP contribution in [-0.2, 0) is 0 Å². The fourth-order valence-corrected chi connectivity index (χ4v) is 4.69. The highest BCUT2D eigenvalue weighted by Crippen LogP contribution is 2.45. The van der Waals surface area contributed by atoms with Crippen LogP contribution in [0, 0.1) is 5.41 Å². The van der Waals surface area contributed by atoms with Crippen molar-refractivity contribution >= 4 is 0 Å². The molecule has 2 heteroatoms. The molecule has 1 saturated heterocycles. The van der Waals surface area contributed by atoms with E-state index in [0.717, 1.165) is 0 Å². The summed E-state index contributed by atoms with van der Waals surface area (Å²) < 4.78 is 0. The summed E-state index contributed by atoms with van der Waals surface area (Å²) in [5.74, 6) is 0. The SMILES string of the molecule is CCC1(CN2CCCNC3(CCCCC3)C2)CCC1. The average molecular weight is 264 g/mol. The fourth-order valence-electron chi connectivity index (χ4n) is 4.69. The van der Waals surface area contributed by atoms with Gasteiger partial charge >= 0.3 is 0 Å². The molecule has 0 bridgehead atoms. The molecule has 0 amide bonds. The van der Waals surface area contributed by atoms with Crippen molar-refractivity contribution in [1.82, 2.24) is 10.2 Å². The van der Waals surface area contributed by atoms with E-state index in [1.165, 1.54) is 90.4 Å². The summed E-state index contributed by atoms with van der Waals surface area (Å²) in [6.07, 6.45) is 14.4. The molecule has 1 aliphatic heterocycles. The smallest absolute Gasteiger partial charge is 0.0308 e. The van der Waals surface area contributed by atoms with Gasteiger partial charge in [-0.1, -0.05) is 32.6 Å². The maximum absolute atomic E-state index is 3.93. The topological polar surface area (TPSA) is 15.3 Å². The quantitative estimate of drug-likeness (QED) is 0.838. The van der Waals surface area contributed by atoms with Crippen LogP contribution < -0.4 is 5.32 Å². The third kappa shape index (κ3) is 3.00. The van der Waals surface area contributed by atoms with Crippen LogP contribution in [0.5, 0.6) is 0 Å². The van der Waals surface area contributed by atoms with Crippen molar-refractivity contribution in [3.63, 3.8) is 0 Å². The lowest BCUT2D eigenvalue weighted by Gasteiger charge is -2.47. The molecule has 0 radical (unpaired) electrons. The second-order valence-corrected chi connectivity index (χ2v) is 7.54. The molecule has 3 aliphatic rings. The van der Waals surface area contributed by atoms with Gasteiger partial charge in [-0.25, -0.2) is 0 Å². The summed E-state index contributed by atoms with van der Waals surface area (Å²) in [5, 5.41) is 3.93. The molecule has 1 N–H and O–H groups in total. The van der Waals surface area contributed by atoms with Gasteiger partial charge in [-0.2, -0.15) is 0 Å². The fraction of sp³-hybridized carbons (Fsp3) is 1.00. The lowest BCUT2D eigenvalue weighted by molar-refractivity contribution is 0.0478. The van der Waals surface area contributed by atoms with E-state index in [4.69, 9.17) is 0 Å². The second kappa shape index (κ2) is 5.73. The van der Waals surface area contributed by atoms with Crippen molar-refractivity contribution in [3.05, 3.63) is 0 Å². The molecule has 0 atom stereocenters. The third-order valence-corrected chi connectivity index (χ3v) is 6.21. The van der Waals surface area contributed by atoms with Gasteiger partial charge in [0.1, 0.15) is 0 Å². The summed E-state index contributed by atoms with van der Waals surface area (Å²) in [5.41, 5.74) is 1.17. The lowest BCUT2D eigenvalue weighted by Crippen LogP contribution is -2.54. The van der Waals surface area contributed by atoms with Crippen LogP contribution in [0.25, 0.3) is 0 Å². The Kier molecular flexibility index (Phi) is 4.19. The number of nitrogens with one attached hydrogen (secondary N) is 1. The molecule has 2 saturated carbocycles. The Morgan fingerprint density at radius 2 is 1.74 bits per heavy atom. The molecular weight excluding hydrogens is 232 g/mol. The van der Waals surface area contributed by atoms with Crippen LogP contribution >= 0.6 is 0 Å². The first-order chi connectivity index (χ1) is 9.26. The van der Waals surface area contributed by atoms with E-state index < -0.39 is 0 Å². The normalized spacial score (nSPS) is 30.8. The highest BCUT2D eigenvalue weighted by molar-refractivity contribution is 4.97. The molecule has 3 fully saturated rings. The van der Waals surface area contributed by atoms with E-state index in [1.54, 1.807) is 0 Å². The van der Waals surface area contributed by atoms with Crippen LogP contribution in [-0.4, -0.2) is 36.6 Å². The Morgan fingerprint density at radius 1 is 0.947 bits per heavy atom. The molecule has 0 unspecified atom stereocenters. The maximum atomic E-state index is 3.93. The Morgan fingerprint density at radius 3 is 2.37 bits per heavy atom. The zero-order valence-electron chi connectivity index (χ0n) is 12.8. The highest BCUT2D eigenvalue weighted by Gasteiger charge is 2.40. The van der Waals surface area contributed by atoms with Crippen LogP contribution in [0.4, 0.5) is 0 Å². The first kappa shape index (κ1) is 13.9. The molecule has 0 aromatic rings. The van der Waals surface area contributed by atoms with Gasteiger partial charge in [0.25, 0.3) is 0 Å². The molecule has 1 spiro atoms. The first-order valence-electron chi connectivity index (χ1n) is 8.73. The molecule has 110 valence electrons. The Hall–Kier alpha value is -0.0800. The van der Waals surface area contributed by atoms with Crippen molar-refractivity contribution in [2.75, 3.05) is 26.2 Å². The summed E-state index contributed by atoms with van der Waals surface area (Å²) in [6.45, 7) is 7.69. The number of hydrogen-bond acceptors (Lipinski definition) is 2. The number of hydrogen-bond donors (Lipinski definition) is 1. The molecule has 2 nitrogen and oxygen atoms in total. The van der Waals surface area contributed by atoms with E-state index in [2.05, 4.69) is 17.1 Å². The predicted octanol–water partition coefficient (Wildman–Crippen LogP) is 3.56. The average Bonchev–Trinajstić information content (AvgIpc) is 2.57. The molecule has 0 aromatic carbocycles. The Balaban J connectivity index is 1.64. The minimum Gasteiger partial charge on any atom is -0.310 e. The highest BCUT2D eigenvalue weighted by atomic mass is 15.2. The van der Waals surface area contributed by atoms with Gasteiger partial charge in [0.05, 0.1) is 0 Å². The monoisotopic (exact) mass is 264 g/mol. The number of rotatable bonds is 3. The summed E-state index contributed by atoms with van der Waals surface area (Å²) in [6, 6.07) is 0. The van der Waals surface area contributed by atoms with Gasteiger partial charge in [0, 0.05) is 18.6 Å². The Labute approximate surface area is 119 Å². The zero-order valence-corrected chi connectivity index (χ0v) is 12.8. The van der Waals surface area contributed by atoms with Gasteiger partial charge in [-0.05, 0) is 57.0 Å². The molecule has 2 aliphatic carbocycles. The minimum atomic E-state index is 0.480. The van der Waals surface area contributed by atoms with Gasteiger partial charge in [0.2, 0.25) is 0 Å². The van der Waals surface area contributed by atoms with E-state index >= 15 is 0 Å². The van der Waals surface area contributed by atoms with Crippen LogP contribution in [0.2, 0.25) is 0 Å². The summed E-state index contributed by atoms with van der Waals surface area (Å²) in [4.78, 5) is 2.83. The van der Waals surface area contributed by atoms with Crippen molar-refractivity contribution in [2.24, 2.45) is 5.41 Å². The van der Waals surface area contributed by atoms with Gasteiger partial charge in [-0.15, -0.1) is 0 Å². The standard InChI is InChI=1S/C17H32N2/c1-2-16(8-6-9-16)14-19-13-7-12-18-17(15-19)10-4-3-5-11-17/h18H,2-15H2,1H3. The van der Waals surface area contributed by atoms with Gasteiger partial charge in [-0.3, -0.25) is 0 Å². The second-order valence-electron chi connectivity index (χ2n) is 7.54. The van der Waals surface area contributed by atoms with E-state index in [0.29, 0.717) is 11.0 Å². The molecule has 3 rings (SSSR count). The van der Waals surface area contributed by atoms with Crippen molar-refractivity contribution < 1.29 is 0 Å². The van der Waals surface area contributed by atoms with E-state index in [1.807, 2.05) is 0 Å². The molecule has 1 heterocycles. The van der Waals surface area contributed by atoms with Crippen LogP contribution in [0.15, 0.2) is 0 Å². The van der Waals surface area contributed by atoms with Crippen molar-refractivity contribution in [3.8, 4) is 0 Å². The van der Waals surface area contributed by atoms with Crippen LogP contribution in [0.3, 0.4) is 0 Å². The van der Waals surface area contributed by atoms with E-state index in [9.17, 15) is 0 Å². The lowest BCUT2D eigenvalue weighted by atomic mass is 9.66. The van der Waals surface area contributed by atoms with Gasteiger partial charge < -0.3 is 10.2 Å². The minimum absolute atomic E-state index is 0.480. The third-order valence-electron chi connectivity index (χ3n) is 6.21. The summed E-state index contributed by atoms with van der Waals surface area (Å²) >= 11 is 0. The first-order valence-corrected chi connectivity index (χ1v) is 8.73. The zero-order chi connectivity index (χ0) is 13.2. The Bertz CT molecular complexity index is 284. The predicted molar refractivity (Wildman–Crippen MR) is 81.5 cm³/mol. The largest absolute Gasteiger partial charge is 0.310 e. The van der Waals surface area contributed by atoms with Crippen LogP contribution in [0.1, 0.15) is 71.1 Å². The van der Waals surface area contributed by atoms with Gasteiger partial charge in [0.15, 0.2) is 0 Å². The summed E-state index contributed by atoms with van der Waals surface area (Å²) in [7, 11) is 0. The molecular formula is C17H32N2. The van der Waals surface area contributed by atoms with Crippen molar-refractivity contribution in [1.29, 1.82) is 0 Å².